The highest BCUT2D eigenvalue weighted by Crippen LogP contribution is 2.48. The topological polar surface area (TPSA) is 91.3 Å². The minimum absolute atomic E-state index is 0.0327. The Morgan fingerprint density at radius 2 is 1.68 bits per heavy atom. The molecule has 44 heavy (non-hydrogen) atoms. The van der Waals surface area contributed by atoms with Crippen molar-refractivity contribution in [3.63, 3.8) is 0 Å². The lowest BCUT2D eigenvalue weighted by atomic mass is 9.82. The monoisotopic (exact) mass is 621 g/mol. The lowest BCUT2D eigenvalue weighted by Gasteiger charge is -2.28. The third kappa shape index (κ3) is 5.83. The van der Waals surface area contributed by atoms with Crippen molar-refractivity contribution in [1.29, 1.82) is 0 Å². The van der Waals surface area contributed by atoms with Crippen LogP contribution in [0.1, 0.15) is 60.9 Å². The molecule has 8 nitrogen and oxygen atoms in total. The Balaban J connectivity index is 1.35. The molecule has 3 atom stereocenters. The first-order valence-electron chi connectivity index (χ1n) is 15.3. The van der Waals surface area contributed by atoms with Crippen molar-refractivity contribution in [2.45, 2.75) is 51.5 Å². The summed E-state index contributed by atoms with van der Waals surface area (Å²) in [4.78, 5) is 30.9. The van der Waals surface area contributed by atoms with Crippen LogP contribution in [0.3, 0.4) is 0 Å². The van der Waals surface area contributed by atoms with Crippen molar-refractivity contribution in [3.8, 4) is 11.5 Å². The molecule has 0 spiro atoms. The maximum absolute atomic E-state index is 15.0. The van der Waals surface area contributed by atoms with E-state index in [1.54, 1.807) is 6.07 Å². The summed E-state index contributed by atoms with van der Waals surface area (Å²) in [5.74, 6) is -3.10. The summed E-state index contributed by atoms with van der Waals surface area (Å²) in [6, 6.07) is 14.1. The number of carboxylic acids is 1. The fraction of sp³-hybridized carbons (Fsp3) is 0.412. The van der Waals surface area contributed by atoms with Crippen molar-refractivity contribution in [2.24, 2.45) is 5.92 Å². The lowest BCUT2D eigenvalue weighted by molar-refractivity contribution is -0.143. The summed E-state index contributed by atoms with van der Waals surface area (Å²) in [7, 11) is 0. The van der Waals surface area contributed by atoms with E-state index >= 15 is 4.39 Å². The van der Waals surface area contributed by atoms with Gasteiger partial charge in [-0.2, -0.15) is 0 Å². The molecular weight excluding hydrogens is 585 g/mol. The third-order valence-corrected chi connectivity index (χ3v) is 9.32. The van der Waals surface area contributed by atoms with Gasteiger partial charge in [-0.15, -0.1) is 0 Å². The zero-order chi connectivity index (χ0) is 31.0. The number of ether oxygens (including phenoxy) is 2. The maximum atomic E-state index is 15.0. The normalized spacial score (nSPS) is 21.2. The highest BCUT2D eigenvalue weighted by molar-refractivity contribution is 6.30. The van der Waals surface area contributed by atoms with Crippen molar-refractivity contribution in [1.82, 2.24) is 4.90 Å². The van der Waals surface area contributed by atoms with Crippen molar-refractivity contribution in [2.75, 3.05) is 43.2 Å². The highest BCUT2D eigenvalue weighted by Gasteiger charge is 2.48. The number of nitrogens with zero attached hydrogens (tertiary/aromatic N) is 2. The number of carbonyl (C=O) groups excluding carboxylic acids is 1. The summed E-state index contributed by atoms with van der Waals surface area (Å²) in [6.45, 7) is 6.12. The number of likely N-dealkylation sites (tertiary alicyclic amines) is 1. The van der Waals surface area contributed by atoms with E-state index in [-0.39, 0.29) is 37.3 Å². The second-order valence-electron chi connectivity index (χ2n) is 11.7. The lowest BCUT2D eigenvalue weighted by Crippen LogP contribution is -2.35. The number of amides is 1. The van der Waals surface area contributed by atoms with Gasteiger partial charge in [-0.05, 0) is 84.3 Å². The number of nitrogens with one attached hydrogen (secondary N) is 1. The quantitative estimate of drug-likeness (QED) is 0.285. The molecule has 3 heterocycles. The standard InChI is InChI=1S/C34H37ClFN3O5/c1-3-20-13-24(35)14-21(4-2)31(20)37-29(40)18-39-17-26(23-15-27(36)33-28(16-23)43-19-44-33)30(34(41)42)32(39)22-7-9-25(10-8-22)38-11-5-6-12-38/h7-10,13-16,26,30,32H,3-6,11-12,17-19H2,1-2H3,(H,37,40)(H,41,42)/t26-,30?,32+/m1/s1. The number of carboxylic acid groups (broad SMARTS) is 1. The number of fused-ring (bicyclic) bond motifs is 1. The van der Waals surface area contributed by atoms with Crippen LogP contribution in [0.5, 0.6) is 11.5 Å². The molecule has 0 saturated carbocycles. The summed E-state index contributed by atoms with van der Waals surface area (Å²) in [5.41, 5.74) is 5.02. The number of rotatable bonds is 9. The van der Waals surface area contributed by atoms with E-state index in [0.29, 0.717) is 23.4 Å². The van der Waals surface area contributed by atoms with Crippen LogP contribution in [0, 0.1) is 11.7 Å². The molecule has 3 aliphatic heterocycles. The van der Waals surface area contributed by atoms with Gasteiger partial charge < -0.3 is 24.8 Å². The molecule has 0 aromatic heterocycles. The molecule has 1 amide bonds. The Labute approximate surface area is 261 Å². The minimum atomic E-state index is -1.01. The fourth-order valence-electron chi connectivity index (χ4n) is 6.99. The molecule has 0 aliphatic carbocycles. The summed E-state index contributed by atoms with van der Waals surface area (Å²) >= 11 is 6.34. The van der Waals surface area contributed by atoms with Crippen LogP contribution in [0.25, 0.3) is 0 Å². The largest absolute Gasteiger partial charge is 0.481 e. The summed E-state index contributed by atoms with van der Waals surface area (Å²) in [6.07, 6.45) is 3.68. The molecule has 0 bridgehead atoms. The van der Waals surface area contributed by atoms with Gasteiger partial charge in [0.2, 0.25) is 18.4 Å². The van der Waals surface area contributed by atoms with Crippen LogP contribution < -0.4 is 19.7 Å². The molecule has 3 aromatic carbocycles. The molecule has 2 N–H and O–H groups in total. The second kappa shape index (κ2) is 12.7. The van der Waals surface area contributed by atoms with E-state index in [1.165, 1.54) is 6.07 Å². The van der Waals surface area contributed by atoms with Crippen molar-refractivity contribution in [3.05, 3.63) is 81.6 Å². The highest BCUT2D eigenvalue weighted by atomic mass is 35.5. The molecule has 3 aliphatic rings. The zero-order valence-electron chi connectivity index (χ0n) is 24.9. The van der Waals surface area contributed by atoms with Gasteiger partial charge in [-0.25, -0.2) is 4.39 Å². The Morgan fingerprint density at radius 3 is 2.32 bits per heavy atom. The maximum Gasteiger partial charge on any atom is 0.309 e. The number of aliphatic carboxylic acids is 1. The van der Waals surface area contributed by atoms with Crippen molar-refractivity contribution >= 4 is 34.9 Å². The Kier molecular flexibility index (Phi) is 8.69. The van der Waals surface area contributed by atoms with Crippen LogP contribution >= 0.6 is 11.6 Å². The first kappa shape index (κ1) is 30.2. The van der Waals surface area contributed by atoms with E-state index in [9.17, 15) is 14.7 Å². The van der Waals surface area contributed by atoms with Gasteiger partial charge in [0.15, 0.2) is 11.6 Å². The molecule has 1 unspecified atom stereocenters. The van der Waals surface area contributed by atoms with E-state index in [4.69, 9.17) is 21.1 Å². The third-order valence-electron chi connectivity index (χ3n) is 9.11. The number of benzene rings is 3. The predicted octanol–water partition coefficient (Wildman–Crippen LogP) is 6.41. The molecule has 2 fully saturated rings. The van der Waals surface area contributed by atoms with Crippen LogP contribution in [0.4, 0.5) is 15.8 Å². The Bertz CT molecular complexity index is 1530. The summed E-state index contributed by atoms with van der Waals surface area (Å²) < 4.78 is 25.7. The first-order valence-corrected chi connectivity index (χ1v) is 15.7. The van der Waals surface area contributed by atoms with E-state index in [1.807, 2.05) is 55.1 Å². The molecule has 6 rings (SSSR count). The van der Waals surface area contributed by atoms with Gasteiger partial charge in [-0.3, -0.25) is 14.5 Å². The zero-order valence-corrected chi connectivity index (χ0v) is 25.7. The average molecular weight is 622 g/mol. The first-order chi connectivity index (χ1) is 21.3. The van der Waals surface area contributed by atoms with Gasteiger partial charge >= 0.3 is 5.97 Å². The van der Waals surface area contributed by atoms with Gasteiger partial charge in [0.25, 0.3) is 0 Å². The van der Waals surface area contributed by atoms with Gasteiger partial charge in [0.1, 0.15) is 0 Å². The number of anilines is 2. The van der Waals surface area contributed by atoms with Crippen LogP contribution in [0.2, 0.25) is 5.02 Å². The molecule has 232 valence electrons. The van der Waals surface area contributed by atoms with Crippen LogP contribution in [-0.4, -0.2) is 54.9 Å². The number of hydrogen-bond donors (Lipinski definition) is 2. The van der Waals surface area contributed by atoms with E-state index in [0.717, 1.165) is 54.0 Å². The molecule has 10 heteroatoms. The number of carbonyl (C=O) groups is 2. The number of halogens is 2. The van der Waals surface area contributed by atoms with E-state index in [2.05, 4.69) is 10.2 Å². The Hall–Kier alpha value is -3.82. The smallest absolute Gasteiger partial charge is 0.309 e. The van der Waals surface area contributed by atoms with Crippen LogP contribution in [0.15, 0.2) is 48.5 Å². The average Bonchev–Trinajstić information content (AvgIpc) is 3.78. The molecule has 3 aromatic rings. The van der Waals surface area contributed by atoms with E-state index < -0.39 is 29.7 Å². The minimum Gasteiger partial charge on any atom is -0.481 e. The number of hydrogen-bond acceptors (Lipinski definition) is 6. The fourth-order valence-corrected chi connectivity index (χ4v) is 7.26. The molecule has 0 radical (unpaired) electrons. The summed E-state index contributed by atoms with van der Waals surface area (Å²) in [5, 5.41) is 14.3. The van der Waals surface area contributed by atoms with Gasteiger partial charge in [0.05, 0.1) is 12.5 Å². The van der Waals surface area contributed by atoms with Gasteiger partial charge in [0, 0.05) is 48.0 Å². The number of aryl methyl sites for hydroxylation is 2. The Morgan fingerprint density at radius 1 is 1.00 bits per heavy atom. The second-order valence-corrected chi connectivity index (χ2v) is 12.2. The molecule has 2 saturated heterocycles. The predicted molar refractivity (Wildman–Crippen MR) is 167 cm³/mol. The van der Waals surface area contributed by atoms with Crippen molar-refractivity contribution < 1.29 is 28.6 Å². The SMILES string of the molecule is CCc1cc(Cl)cc(CC)c1NC(=O)CN1C[C@H](c2cc(F)c3c(c2)OCO3)C(C(=O)O)[C@@H]1c1ccc(N2CCCC2)cc1. The molecular formula is C34H37ClFN3O5. The van der Waals surface area contributed by atoms with Crippen LogP contribution in [-0.2, 0) is 22.4 Å². The van der Waals surface area contributed by atoms with Gasteiger partial charge in [-0.1, -0.05) is 37.6 Å².